The van der Waals surface area contributed by atoms with Gasteiger partial charge in [-0.2, -0.15) is 4.31 Å². The second kappa shape index (κ2) is 6.82. The Morgan fingerprint density at radius 2 is 2.38 bits per heavy atom. The fourth-order valence-corrected chi connectivity index (χ4v) is 5.36. The second-order valence-corrected chi connectivity index (χ2v) is 7.68. The van der Waals surface area contributed by atoms with Crippen molar-refractivity contribution in [3.05, 3.63) is 11.2 Å². The van der Waals surface area contributed by atoms with E-state index < -0.39 is 16.0 Å². The summed E-state index contributed by atoms with van der Waals surface area (Å²) in [6.45, 7) is 3.78. The van der Waals surface area contributed by atoms with Gasteiger partial charge in [0.15, 0.2) is 9.90 Å². The molecular formula is C12H19N3O4S2. The van der Waals surface area contributed by atoms with Gasteiger partial charge in [0.2, 0.25) is 0 Å². The number of nitrogens with zero attached hydrogens (tertiary/aromatic N) is 2. The van der Waals surface area contributed by atoms with Gasteiger partial charge in [-0.05, 0) is 19.4 Å². The first-order valence-electron chi connectivity index (χ1n) is 6.76. The summed E-state index contributed by atoms with van der Waals surface area (Å²) < 4.78 is 31.8. The smallest absolute Gasteiger partial charge is 0.358 e. The molecule has 0 saturated carbocycles. The van der Waals surface area contributed by atoms with Crippen LogP contribution in [-0.2, 0) is 14.8 Å². The maximum absolute atomic E-state index is 12.9. The SMILES string of the molecule is CCCN(C1CCNC1)S(=O)(=O)c1scnc1C(=O)OC. The molecule has 118 valence electrons. The lowest BCUT2D eigenvalue weighted by atomic mass is 10.2. The molecule has 1 aliphatic heterocycles. The maximum Gasteiger partial charge on any atom is 0.358 e. The minimum atomic E-state index is -3.74. The molecule has 0 spiro atoms. The Bertz CT molecular complexity index is 593. The van der Waals surface area contributed by atoms with E-state index in [-0.39, 0.29) is 15.9 Å². The van der Waals surface area contributed by atoms with Crippen molar-refractivity contribution in [2.75, 3.05) is 26.7 Å². The molecule has 1 aromatic rings. The lowest BCUT2D eigenvalue weighted by molar-refractivity contribution is 0.0590. The van der Waals surface area contributed by atoms with Crippen LogP contribution >= 0.6 is 11.3 Å². The molecule has 1 unspecified atom stereocenters. The number of esters is 1. The fourth-order valence-electron chi connectivity index (χ4n) is 2.36. The molecule has 2 heterocycles. The first kappa shape index (κ1) is 16.3. The highest BCUT2D eigenvalue weighted by atomic mass is 32.2. The van der Waals surface area contributed by atoms with Gasteiger partial charge in [0.05, 0.1) is 12.6 Å². The number of ether oxygens (including phenoxy) is 1. The van der Waals surface area contributed by atoms with E-state index in [1.807, 2.05) is 6.92 Å². The molecule has 1 aromatic heterocycles. The predicted molar refractivity (Wildman–Crippen MR) is 78.9 cm³/mol. The quantitative estimate of drug-likeness (QED) is 0.771. The number of nitrogens with one attached hydrogen (secondary N) is 1. The third-order valence-corrected chi connectivity index (χ3v) is 6.64. The summed E-state index contributed by atoms with van der Waals surface area (Å²) in [4.78, 5) is 15.5. The lowest BCUT2D eigenvalue weighted by Gasteiger charge is -2.26. The van der Waals surface area contributed by atoms with Crippen LogP contribution in [0.5, 0.6) is 0 Å². The molecule has 9 heteroatoms. The molecule has 1 atom stereocenters. The Hall–Kier alpha value is -1.03. The average molecular weight is 333 g/mol. The van der Waals surface area contributed by atoms with Crippen LogP contribution in [0.3, 0.4) is 0 Å². The molecule has 0 bridgehead atoms. The van der Waals surface area contributed by atoms with Crippen LogP contribution in [-0.4, -0.2) is 56.5 Å². The van der Waals surface area contributed by atoms with Crippen molar-refractivity contribution in [1.29, 1.82) is 0 Å². The number of methoxy groups -OCH3 is 1. The van der Waals surface area contributed by atoms with E-state index in [1.165, 1.54) is 16.9 Å². The maximum atomic E-state index is 12.9. The highest BCUT2D eigenvalue weighted by Crippen LogP contribution is 2.27. The standard InChI is InChI=1S/C12H19N3O4S2/c1-3-6-15(9-4-5-13-7-9)21(17,18)12-10(11(16)19-2)14-8-20-12/h8-9,13H,3-7H2,1-2H3. The number of hydrogen-bond acceptors (Lipinski definition) is 7. The molecular weight excluding hydrogens is 314 g/mol. The third-order valence-electron chi connectivity index (χ3n) is 3.34. The molecule has 1 saturated heterocycles. The zero-order valence-corrected chi connectivity index (χ0v) is 13.7. The van der Waals surface area contributed by atoms with Gasteiger partial charge in [-0.15, -0.1) is 11.3 Å². The average Bonchev–Trinajstić information content (AvgIpc) is 3.14. The molecule has 1 N–H and O–H groups in total. The zero-order chi connectivity index (χ0) is 15.5. The summed E-state index contributed by atoms with van der Waals surface area (Å²) in [5.41, 5.74) is 1.23. The Labute approximate surface area is 128 Å². The Balaban J connectivity index is 2.38. The van der Waals surface area contributed by atoms with Crippen LogP contribution in [0, 0.1) is 0 Å². The van der Waals surface area contributed by atoms with Gasteiger partial charge >= 0.3 is 5.97 Å². The number of aromatic nitrogens is 1. The summed E-state index contributed by atoms with van der Waals surface area (Å²) in [6.07, 6.45) is 1.48. The van der Waals surface area contributed by atoms with Crippen LogP contribution in [0.25, 0.3) is 0 Å². The Morgan fingerprint density at radius 1 is 1.62 bits per heavy atom. The second-order valence-electron chi connectivity index (χ2n) is 4.74. The van der Waals surface area contributed by atoms with Crippen molar-refractivity contribution in [2.45, 2.75) is 30.0 Å². The van der Waals surface area contributed by atoms with E-state index in [0.717, 1.165) is 24.3 Å². The largest absolute Gasteiger partial charge is 0.464 e. The van der Waals surface area contributed by atoms with Crippen LogP contribution in [0.4, 0.5) is 0 Å². The fraction of sp³-hybridized carbons (Fsp3) is 0.667. The molecule has 2 rings (SSSR count). The van der Waals surface area contributed by atoms with Gasteiger partial charge in [0.25, 0.3) is 10.0 Å². The van der Waals surface area contributed by atoms with E-state index >= 15 is 0 Å². The summed E-state index contributed by atoms with van der Waals surface area (Å²) in [6, 6.07) is -0.0810. The van der Waals surface area contributed by atoms with Gasteiger partial charge in [-0.1, -0.05) is 6.92 Å². The third kappa shape index (κ3) is 3.25. The number of carbonyl (C=O) groups is 1. The van der Waals surface area contributed by atoms with Crippen LogP contribution in [0.1, 0.15) is 30.3 Å². The predicted octanol–water partition coefficient (Wildman–Crippen LogP) is 0.692. The minimum Gasteiger partial charge on any atom is -0.464 e. The normalized spacial score (nSPS) is 19.1. The van der Waals surface area contributed by atoms with Crippen molar-refractivity contribution in [3.63, 3.8) is 0 Å². The lowest BCUT2D eigenvalue weighted by Crippen LogP contribution is -2.42. The summed E-state index contributed by atoms with van der Waals surface area (Å²) in [5.74, 6) is -0.726. The van der Waals surface area contributed by atoms with Crippen molar-refractivity contribution in [1.82, 2.24) is 14.6 Å². The van der Waals surface area contributed by atoms with Gasteiger partial charge in [0, 0.05) is 19.1 Å². The van der Waals surface area contributed by atoms with E-state index in [1.54, 1.807) is 0 Å². The number of sulfonamides is 1. The van der Waals surface area contributed by atoms with Crippen molar-refractivity contribution in [2.24, 2.45) is 0 Å². The molecule has 7 nitrogen and oxygen atoms in total. The molecule has 21 heavy (non-hydrogen) atoms. The summed E-state index contributed by atoms with van der Waals surface area (Å²) >= 11 is 0.951. The number of thiazole rings is 1. The first-order chi connectivity index (χ1) is 10.0. The summed E-state index contributed by atoms with van der Waals surface area (Å²) in [5, 5.41) is 3.17. The monoisotopic (exact) mass is 333 g/mol. The van der Waals surface area contributed by atoms with Crippen LogP contribution in [0.2, 0.25) is 0 Å². The molecule has 0 radical (unpaired) electrons. The van der Waals surface area contributed by atoms with Crippen LogP contribution < -0.4 is 5.32 Å². The molecule has 0 amide bonds. The van der Waals surface area contributed by atoms with E-state index in [2.05, 4.69) is 15.0 Å². The molecule has 0 aromatic carbocycles. The number of rotatable bonds is 6. The van der Waals surface area contributed by atoms with Gasteiger partial charge in [-0.25, -0.2) is 18.2 Å². The van der Waals surface area contributed by atoms with Gasteiger partial charge in [0.1, 0.15) is 0 Å². The topological polar surface area (TPSA) is 88.6 Å². The zero-order valence-electron chi connectivity index (χ0n) is 12.0. The minimum absolute atomic E-state index is 0.0327. The van der Waals surface area contributed by atoms with Gasteiger partial charge < -0.3 is 10.1 Å². The van der Waals surface area contributed by atoms with E-state index in [9.17, 15) is 13.2 Å². The Kier molecular flexibility index (Phi) is 5.31. The molecule has 1 fully saturated rings. The molecule has 0 aliphatic carbocycles. The van der Waals surface area contributed by atoms with E-state index in [4.69, 9.17) is 0 Å². The highest BCUT2D eigenvalue weighted by Gasteiger charge is 2.36. The number of hydrogen-bond donors (Lipinski definition) is 1. The number of carbonyl (C=O) groups excluding carboxylic acids is 1. The Morgan fingerprint density at radius 3 is 2.95 bits per heavy atom. The summed E-state index contributed by atoms with van der Waals surface area (Å²) in [7, 11) is -2.53. The van der Waals surface area contributed by atoms with Crippen molar-refractivity contribution < 1.29 is 17.9 Å². The van der Waals surface area contributed by atoms with Crippen molar-refractivity contribution >= 4 is 27.3 Å². The van der Waals surface area contributed by atoms with E-state index in [0.29, 0.717) is 19.5 Å². The first-order valence-corrected chi connectivity index (χ1v) is 9.08. The van der Waals surface area contributed by atoms with Crippen molar-refractivity contribution in [3.8, 4) is 0 Å². The molecule has 1 aliphatic rings. The van der Waals surface area contributed by atoms with Crippen LogP contribution in [0.15, 0.2) is 9.72 Å². The highest BCUT2D eigenvalue weighted by molar-refractivity contribution is 7.91. The van der Waals surface area contributed by atoms with Gasteiger partial charge in [-0.3, -0.25) is 0 Å².